The molecule has 0 aliphatic heterocycles. The summed E-state index contributed by atoms with van der Waals surface area (Å²) in [6.45, 7) is 0.209. The van der Waals surface area contributed by atoms with E-state index in [1.807, 2.05) is 11.4 Å². The number of aliphatic hydroxyl groups excluding tert-OH is 1. The first-order chi connectivity index (χ1) is 7.31. The summed E-state index contributed by atoms with van der Waals surface area (Å²) in [6, 6.07) is 2.00. The van der Waals surface area contributed by atoms with Gasteiger partial charge in [0.25, 0.3) is 0 Å². The van der Waals surface area contributed by atoms with Crippen LogP contribution in [0.25, 0.3) is 10.2 Å². The van der Waals surface area contributed by atoms with Crippen LogP contribution >= 0.6 is 23.1 Å². The van der Waals surface area contributed by atoms with Crippen molar-refractivity contribution in [3.05, 3.63) is 11.4 Å². The zero-order chi connectivity index (χ0) is 10.7. The number of rotatable bonds is 4. The lowest BCUT2D eigenvalue weighted by Crippen LogP contribution is -1.96. The molecule has 3 N–H and O–H groups in total. The molecule has 0 atom stereocenters. The third-order valence-corrected chi connectivity index (χ3v) is 3.73. The van der Waals surface area contributed by atoms with Crippen LogP contribution in [0.1, 0.15) is 6.42 Å². The quantitative estimate of drug-likeness (QED) is 0.485. The van der Waals surface area contributed by atoms with Crippen molar-refractivity contribution in [3.8, 4) is 0 Å². The van der Waals surface area contributed by atoms with Crippen LogP contribution in [0, 0.1) is 0 Å². The minimum atomic E-state index is 0.209. The predicted molar refractivity (Wildman–Crippen MR) is 64.3 cm³/mol. The minimum Gasteiger partial charge on any atom is -0.396 e. The maximum absolute atomic E-state index is 8.70. The van der Waals surface area contributed by atoms with Crippen LogP contribution in [0.15, 0.2) is 16.5 Å². The summed E-state index contributed by atoms with van der Waals surface area (Å²) >= 11 is 3.17. The molecule has 80 valence electrons. The number of anilines is 1. The van der Waals surface area contributed by atoms with Gasteiger partial charge in [0.05, 0.1) is 0 Å². The number of hydrogen-bond acceptors (Lipinski definition) is 6. The number of hydrogen-bond donors (Lipinski definition) is 2. The van der Waals surface area contributed by atoms with Crippen molar-refractivity contribution in [2.24, 2.45) is 0 Å². The van der Waals surface area contributed by atoms with Crippen LogP contribution in [-0.2, 0) is 0 Å². The SMILES string of the molecule is Nc1nc(SCCCO)c2ccsc2n1. The van der Waals surface area contributed by atoms with Crippen LogP contribution in [0.3, 0.4) is 0 Å². The van der Waals surface area contributed by atoms with Crippen molar-refractivity contribution in [2.45, 2.75) is 11.4 Å². The molecule has 0 saturated carbocycles. The molecule has 15 heavy (non-hydrogen) atoms. The van der Waals surface area contributed by atoms with Gasteiger partial charge in [0.2, 0.25) is 5.95 Å². The first kappa shape index (κ1) is 10.7. The smallest absolute Gasteiger partial charge is 0.222 e. The fourth-order valence-corrected chi connectivity index (χ4v) is 2.97. The molecule has 0 bridgehead atoms. The highest BCUT2D eigenvalue weighted by atomic mass is 32.2. The molecule has 0 aliphatic rings. The summed E-state index contributed by atoms with van der Waals surface area (Å²) in [5.74, 6) is 1.16. The van der Waals surface area contributed by atoms with E-state index in [1.165, 1.54) is 0 Å². The van der Waals surface area contributed by atoms with Gasteiger partial charge in [-0.2, -0.15) is 0 Å². The zero-order valence-corrected chi connectivity index (χ0v) is 9.64. The number of nitrogen functional groups attached to an aromatic ring is 1. The Bertz CT molecular complexity index is 458. The third kappa shape index (κ3) is 2.39. The summed E-state index contributed by atoms with van der Waals surface area (Å²) in [6.07, 6.45) is 0.764. The Labute approximate surface area is 95.5 Å². The summed E-state index contributed by atoms with van der Waals surface area (Å²) in [4.78, 5) is 9.27. The van der Waals surface area contributed by atoms with Gasteiger partial charge in [0, 0.05) is 17.7 Å². The second-order valence-corrected chi connectivity index (χ2v) is 4.93. The molecule has 2 aromatic heterocycles. The molecule has 0 saturated heterocycles. The topological polar surface area (TPSA) is 72.0 Å². The molecule has 0 aliphatic carbocycles. The van der Waals surface area contributed by atoms with Gasteiger partial charge in [0.15, 0.2) is 0 Å². The van der Waals surface area contributed by atoms with E-state index in [1.54, 1.807) is 23.1 Å². The van der Waals surface area contributed by atoms with E-state index >= 15 is 0 Å². The van der Waals surface area contributed by atoms with Crippen molar-refractivity contribution in [1.29, 1.82) is 0 Å². The van der Waals surface area contributed by atoms with Crippen LogP contribution < -0.4 is 5.73 Å². The molecule has 0 radical (unpaired) electrons. The number of nitrogens with two attached hydrogens (primary N) is 1. The lowest BCUT2D eigenvalue weighted by atomic mass is 10.4. The fourth-order valence-electron chi connectivity index (χ4n) is 1.19. The monoisotopic (exact) mass is 241 g/mol. The number of aromatic nitrogens is 2. The molecule has 0 fully saturated rings. The molecule has 2 aromatic rings. The van der Waals surface area contributed by atoms with E-state index in [-0.39, 0.29) is 6.61 Å². The van der Waals surface area contributed by atoms with Crippen molar-refractivity contribution in [3.63, 3.8) is 0 Å². The standard InChI is InChI=1S/C9H11N3OS2/c10-9-11-7(14-4-1-3-13)6-2-5-15-8(6)12-9/h2,5,13H,1,3-4H2,(H2,10,11,12). The molecule has 0 spiro atoms. The lowest BCUT2D eigenvalue weighted by Gasteiger charge is -2.02. The second kappa shape index (κ2) is 4.78. The van der Waals surface area contributed by atoms with Crippen LogP contribution in [0.2, 0.25) is 0 Å². The van der Waals surface area contributed by atoms with Crippen LogP contribution in [-0.4, -0.2) is 27.4 Å². The third-order valence-electron chi connectivity index (χ3n) is 1.85. The van der Waals surface area contributed by atoms with Gasteiger partial charge in [-0.25, -0.2) is 9.97 Å². The Balaban J connectivity index is 2.27. The van der Waals surface area contributed by atoms with Gasteiger partial charge in [-0.05, 0) is 17.9 Å². The summed E-state index contributed by atoms with van der Waals surface area (Å²) in [7, 11) is 0. The maximum Gasteiger partial charge on any atom is 0.222 e. The van der Waals surface area contributed by atoms with Crippen molar-refractivity contribution in [2.75, 3.05) is 18.1 Å². The van der Waals surface area contributed by atoms with Gasteiger partial charge in [0.1, 0.15) is 9.86 Å². The Kier molecular flexibility index (Phi) is 3.40. The van der Waals surface area contributed by atoms with E-state index in [0.29, 0.717) is 5.95 Å². The number of thiophene rings is 1. The van der Waals surface area contributed by atoms with E-state index in [9.17, 15) is 0 Å². The zero-order valence-electron chi connectivity index (χ0n) is 8.01. The van der Waals surface area contributed by atoms with Gasteiger partial charge in [-0.1, -0.05) is 0 Å². The Morgan fingerprint density at radius 2 is 2.33 bits per heavy atom. The average molecular weight is 241 g/mol. The summed E-state index contributed by atoms with van der Waals surface area (Å²) in [5, 5.41) is 12.6. The minimum absolute atomic E-state index is 0.209. The highest BCUT2D eigenvalue weighted by molar-refractivity contribution is 7.99. The molecule has 0 amide bonds. The van der Waals surface area contributed by atoms with Crippen molar-refractivity contribution in [1.82, 2.24) is 9.97 Å². The molecular weight excluding hydrogens is 230 g/mol. The van der Waals surface area contributed by atoms with E-state index in [4.69, 9.17) is 10.8 Å². The number of fused-ring (bicyclic) bond motifs is 1. The van der Waals surface area contributed by atoms with E-state index < -0.39 is 0 Å². The fraction of sp³-hybridized carbons (Fsp3) is 0.333. The van der Waals surface area contributed by atoms with E-state index in [0.717, 1.165) is 27.4 Å². The Morgan fingerprint density at radius 1 is 1.47 bits per heavy atom. The summed E-state index contributed by atoms with van der Waals surface area (Å²) < 4.78 is 0. The maximum atomic E-state index is 8.70. The molecule has 0 unspecified atom stereocenters. The van der Waals surface area contributed by atoms with Crippen LogP contribution in [0.4, 0.5) is 5.95 Å². The Morgan fingerprint density at radius 3 is 3.13 bits per heavy atom. The Hall–Kier alpha value is -0.850. The molecular formula is C9H11N3OS2. The number of nitrogens with zero attached hydrogens (tertiary/aromatic N) is 2. The summed E-state index contributed by atoms with van der Waals surface area (Å²) in [5.41, 5.74) is 5.61. The second-order valence-electron chi connectivity index (χ2n) is 2.95. The van der Waals surface area contributed by atoms with Gasteiger partial charge in [-0.15, -0.1) is 23.1 Å². The highest BCUT2D eigenvalue weighted by Gasteiger charge is 2.07. The van der Waals surface area contributed by atoms with Crippen molar-refractivity contribution < 1.29 is 5.11 Å². The normalized spacial score (nSPS) is 11.0. The molecule has 0 aromatic carbocycles. The first-order valence-electron chi connectivity index (χ1n) is 4.55. The number of thioether (sulfide) groups is 1. The molecule has 2 rings (SSSR count). The van der Waals surface area contributed by atoms with Gasteiger partial charge in [-0.3, -0.25) is 0 Å². The number of aliphatic hydroxyl groups is 1. The largest absolute Gasteiger partial charge is 0.396 e. The predicted octanol–water partition coefficient (Wildman–Crippen LogP) is 1.75. The highest BCUT2D eigenvalue weighted by Crippen LogP contribution is 2.29. The first-order valence-corrected chi connectivity index (χ1v) is 6.42. The van der Waals surface area contributed by atoms with Crippen molar-refractivity contribution >= 4 is 39.3 Å². The van der Waals surface area contributed by atoms with Gasteiger partial charge < -0.3 is 10.8 Å². The molecule has 4 nitrogen and oxygen atoms in total. The lowest BCUT2D eigenvalue weighted by molar-refractivity contribution is 0.296. The van der Waals surface area contributed by atoms with Gasteiger partial charge >= 0.3 is 0 Å². The average Bonchev–Trinajstić information content (AvgIpc) is 2.65. The van der Waals surface area contributed by atoms with Crippen LogP contribution in [0.5, 0.6) is 0 Å². The molecule has 2 heterocycles. The molecule has 6 heteroatoms. The van der Waals surface area contributed by atoms with E-state index in [2.05, 4.69) is 9.97 Å².